The molecule has 0 heterocycles. The molecule has 0 bridgehead atoms. The molecule has 1 atom stereocenters. The Hall–Kier alpha value is -1.74. The van der Waals surface area contributed by atoms with E-state index in [1.54, 1.807) is 0 Å². The van der Waals surface area contributed by atoms with Crippen LogP contribution in [0.15, 0.2) is 47.6 Å². The second-order valence-corrected chi connectivity index (χ2v) is 5.82. The van der Waals surface area contributed by atoms with Gasteiger partial charge in [-0.05, 0) is 48.3 Å². The SMILES string of the molecule is CC(C)C1Cc2ccccc2C#CC2=CCCC=C21. The first-order valence-electron chi connectivity index (χ1n) is 7.26. The van der Waals surface area contributed by atoms with Gasteiger partial charge in [0.15, 0.2) is 0 Å². The van der Waals surface area contributed by atoms with E-state index in [-0.39, 0.29) is 0 Å². The van der Waals surface area contributed by atoms with E-state index in [4.69, 9.17) is 0 Å². The standard InChI is InChI=1S/C19H20/c1-14(2)19-13-17-9-4-3-7-15(17)11-12-16-8-5-6-10-18(16)19/h3-4,7-10,14,19H,5-6,13H2,1-2H3. The molecule has 3 rings (SSSR count). The number of allylic oxidation sites excluding steroid dienone is 4. The minimum absolute atomic E-state index is 0.599. The van der Waals surface area contributed by atoms with Gasteiger partial charge in [0.2, 0.25) is 0 Å². The van der Waals surface area contributed by atoms with Crippen LogP contribution in [-0.2, 0) is 6.42 Å². The number of rotatable bonds is 1. The summed E-state index contributed by atoms with van der Waals surface area (Å²) in [5.41, 5.74) is 5.38. The van der Waals surface area contributed by atoms with Crippen LogP contribution in [0, 0.1) is 23.7 Å². The maximum atomic E-state index is 3.41. The van der Waals surface area contributed by atoms with Gasteiger partial charge in [0, 0.05) is 11.1 Å². The fraction of sp³-hybridized carbons (Fsp3) is 0.368. The molecule has 96 valence electrons. The lowest BCUT2D eigenvalue weighted by Crippen LogP contribution is -2.19. The predicted molar refractivity (Wildman–Crippen MR) is 80.8 cm³/mol. The molecule has 19 heavy (non-hydrogen) atoms. The van der Waals surface area contributed by atoms with Crippen molar-refractivity contribution in [2.45, 2.75) is 33.1 Å². The van der Waals surface area contributed by atoms with Crippen molar-refractivity contribution in [3.63, 3.8) is 0 Å². The fourth-order valence-corrected chi connectivity index (χ4v) is 3.07. The Balaban J connectivity index is 2.13. The maximum absolute atomic E-state index is 3.41. The Labute approximate surface area is 116 Å². The van der Waals surface area contributed by atoms with Crippen LogP contribution in [0.3, 0.4) is 0 Å². The second kappa shape index (κ2) is 5.10. The summed E-state index contributed by atoms with van der Waals surface area (Å²) in [6, 6.07) is 8.60. The van der Waals surface area contributed by atoms with Crippen molar-refractivity contribution < 1.29 is 0 Å². The lowest BCUT2D eigenvalue weighted by molar-refractivity contribution is 0.442. The van der Waals surface area contributed by atoms with Gasteiger partial charge in [-0.3, -0.25) is 0 Å². The molecule has 0 nitrogen and oxygen atoms in total. The van der Waals surface area contributed by atoms with Crippen molar-refractivity contribution >= 4 is 0 Å². The molecule has 0 saturated heterocycles. The van der Waals surface area contributed by atoms with Crippen LogP contribution in [0.2, 0.25) is 0 Å². The predicted octanol–water partition coefficient (Wildman–Crippen LogP) is 4.51. The van der Waals surface area contributed by atoms with Gasteiger partial charge >= 0.3 is 0 Å². The Kier molecular flexibility index (Phi) is 3.30. The van der Waals surface area contributed by atoms with Crippen molar-refractivity contribution in [1.82, 2.24) is 0 Å². The summed E-state index contributed by atoms with van der Waals surface area (Å²) < 4.78 is 0. The average molecular weight is 248 g/mol. The Bertz CT molecular complexity index is 602. The van der Waals surface area contributed by atoms with Crippen LogP contribution in [0.25, 0.3) is 0 Å². The van der Waals surface area contributed by atoms with Crippen molar-refractivity contribution in [2.75, 3.05) is 0 Å². The van der Waals surface area contributed by atoms with E-state index in [0.717, 1.165) is 12.8 Å². The lowest BCUT2D eigenvalue weighted by atomic mass is 9.76. The summed E-state index contributed by atoms with van der Waals surface area (Å²) in [5.74, 6) is 8.02. The molecule has 0 aromatic heterocycles. The van der Waals surface area contributed by atoms with Gasteiger partial charge in [-0.2, -0.15) is 0 Å². The van der Waals surface area contributed by atoms with Crippen LogP contribution < -0.4 is 0 Å². The van der Waals surface area contributed by atoms with Gasteiger partial charge < -0.3 is 0 Å². The zero-order valence-corrected chi connectivity index (χ0v) is 11.7. The Morgan fingerprint density at radius 1 is 1.05 bits per heavy atom. The molecule has 0 heteroatoms. The molecular formula is C19H20. The van der Waals surface area contributed by atoms with Crippen LogP contribution in [0.5, 0.6) is 0 Å². The molecule has 0 fully saturated rings. The summed E-state index contributed by atoms with van der Waals surface area (Å²) >= 11 is 0. The monoisotopic (exact) mass is 248 g/mol. The normalized spacial score (nSPS) is 21.1. The van der Waals surface area contributed by atoms with E-state index >= 15 is 0 Å². The molecule has 0 radical (unpaired) electrons. The molecule has 1 aromatic carbocycles. The van der Waals surface area contributed by atoms with E-state index in [2.05, 4.69) is 62.1 Å². The fourth-order valence-electron chi connectivity index (χ4n) is 3.07. The summed E-state index contributed by atoms with van der Waals surface area (Å²) in [7, 11) is 0. The third kappa shape index (κ3) is 2.38. The van der Waals surface area contributed by atoms with Crippen molar-refractivity contribution in [3.8, 4) is 11.8 Å². The van der Waals surface area contributed by atoms with E-state index in [9.17, 15) is 0 Å². The van der Waals surface area contributed by atoms with Crippen molar-refractivity contribution in [2.24, 2.45) is 11.8 Å². The minimum Gasteiger partial charge on any atom is -0.0795 e. The van der Waals surface area contributed by atoms with Gasteiger partial charge in [0.05, 0.1) is 0 Å². The summed E-state index contributed by atoms with van der Waals surface area (Å²) in [5, 5.41) is 0. The van der Waals surface area contributed by atoms with E-state index in [1.165, 1.54) is 28.7 Å². The smallest absolute Gasteiger partial charge is 0.0281 e. The first-order valence-corrected chi connectivity index (χ1v) is 7.26. The lowest BCUT2D eigenvalue weighted by Gasteiger charge is -2.28. The minimum atomic E-state index is 0.599. The summed E-state index contributed by atoms with van der Waals surface area (Å²) in [6.45, 7) is 4.66. The molecular weight excluding hydrogens is 228 g/mol. The van der Waals surface area contributed by atoms with Crippen LogP contribution in [0.1, 0.15) is 37.8 Å². The van der Waals surface area contributed by atoms with Gasteiger partial charge in [0.1, 0.15) is 0 Å². The molecule has 0 N–H and O–H groups in total. The first kappa shape index (κ1) is 12.3. The van der Waals surface area contributed by atoms with Gasteiger partial charge in [-0.1, -0.05) is 56.0 Å². The van der Waals surface area contributed by atoms with Crippen molar-refractivity contribution in [1.29, 1.82) is 0 Å². The quantitative estimate of drug-likeness (QED) is 0.641. The molecule has 2 aliphatic rings. The van der Waals surface area contributed by atoms with Crippen LogP contribution in [0.4, 0.5) is 0 Å². The van der Waals surface area contributed by atoms with Crippen LogP contribution >= 0.6 is 0 Å². The number of fused-ring (bicyclic) bond motifs is 2. The highest BCUT2D eigenvalue weighted by atomic mass is 14.3. The third-order valence-electron chi connectivity index (χ3n) is 4.18. The van der Waals surface area contributed by atoms with Gasteiger partial charge in [-0.25, -0.2) is 0 Å². The first-order chi connectivity index (χ1) is 9.25. The highest BCUT2D eigenvalue weighted by Crippen LogP contribution is 2.34. The highest BCUT2D eigenvalue weighted by Gasteiger charge is 2.24. The summed E-state index contributed by atoms with van der Waals surface area (Å²) in [4.78, 5) is 0. The molecule has 0 spiro atoms. The molecule has 0 aliphatic heterocycles. The second-order valence-electron chi connectivity index (χ2n) is 5.82. The third-order valence-corrected chi connectivity index (χ3v) is 4.18. The van der Waals surface area contributed by atoms with Gasteiger partial charge in [-0.15, -0.1) is 0 Å². The molecule has 2 aliphatic carbocycles. The number of benzene rings is 1. The van der Waals surface area contributed by atoms with E-state index < -0.39 is 0 Å². The number of hydrogen-bond donors (Lipinski definition) is 0. The molecule has 0 saturated carbocycles. The Morgan fingerprint density at radius 3 is 2.68 bits per heavy atom. The van der Waals surface area contributed by atoms with Gasteiger partial charge in [0.25, 0.3) is 0 Å². The topological polar surface area (TPSA) is 0 Å². The van der Waals surface area contributed by atoms with Crippen LogP contribution in [-0.4, -0.2) is 0 Å². The highest BCUT2D eigenvalue weighted by molar-refractivity contribution is 5.55. The largest absolute Gasteiger partial charge is 0.0795 e. The molecule has 1 unspecified atom stereocenters. The maximum Gasteiger partial charge on any atom is 0.0281 e. The van der Waals surface area contributed by atoms with Crippen molar-refractivity contribution in [3.05, 3.63) is 58.7 Å². The Morgan fingerprint density at radius 2 is 1.84 bits per heavy atom. The average Bonchev–Trinajstić information content (AvgIpc) is 2.41. The molecule has 1 aromatic rings. The van der Waals surface area contributed by atoms with E-state index in [0.29, 0.717) is 11.8 Å². The molecule has 0 amide bonds. The number of hydrogen-bond acceptors (Lipinski definition) is 0. The zero-order valence-electron chi connectivity index (χ0n) is 11.7. The zero-order chi connectivity index (χ0) is 13.2. The van der Waals surface area contributed by atoms with E-state index in [1.807, 2.05) is 0 Å². The summed E-state index contributed by atoms with van der Waals surface area (Å²) in [6.07, 6.45) is 8.17.